The van der Waals surface area contributed by atoms with Gasteiger partial charge >= 0.3 is 5.97 Å². The minimum atomic E-state index is -0.823. The second kappa shape index (κ2) is 5.70. The maximum atomic E-state index is 11.5. The Morgan fingerprint density at radius 3 is 2.87 bits per heavy atom. The average Bonchev–Trinajstić information content (AvgIpc) is 2.65. The first-order chi connectivity index (χ1) is 7.09. The van der Waals surface area contributed by atoms with Crippen LogP contribution in [0.3, 0.4) is 0 Å². The summed E-state index contributed by atoms with van der Waals surface area (Å²) in [5.41, 5.74) is 0. The van der Waals surface area contributed by atoms with Crippen LogP contribution in [0.5, 0.6) is 0 Å². The predicted molar refractivity (Wildman–Crippen MR) is 55.5 cm³/mol. The van der Waals surface area contributed by atoms with Crippen LogP contribution in [0.2, 0.25) is 0 Å². The van der Waals surface area contributed by atoms with Crippen molar-refractivity contribution in [3.05, 3.63) is 0 Å². The van der Waals surface area contributed by atoms with Crippen LogP contribution >= 0.6 is 0 Å². The quantitative estimate of drug-likeness (QED) is 0.600. The topological polar surface area (TPSA) is 78.4 Å². The van der Waals surface area contributed by atoms with Gasteiger partial charge in [-0.1, -0.05) is 6.92 Å². The number of carboxylic acids is 1. The molecule has 0 saturated carbocycles. The van der Waals surface area contributed by atoms with Crippen LogP contribution in [-0.4, -0.2) is 36.1 Å². The molecule has 1 amide bonds. The molecule has 0 spiro atoms. The monoisotopic (exact) mass is 214 g/mol. The summed E-state index contributed by atoms with van der Waals surface area (Å²) in [5, 5.41) is 14.4. The van der Waals surface area contributed by atoms with E-state index in [4.69, 9.17) is 5.11 Å². The molecule has 0 aromatic heterocycles. The normalized spacial score (nSPS) is 22.3. The van der Waals surface area contributed by atoms with Crippen LogP contribution in [0, 0.1) is 5.92 Å². The van der Waals surface area contributed by atoms with Crippen molar-refractivity contribution < 1.29 is 14.7 Å². The molecule has 0 aliphatic carbocycles. The molecule has 5 nitrogen and oxygen atoms in total. The van der Waals surface area contributed by atoms with E-state index in [-0.39, 0.29) is 24.3 Å². The Morgan fingerprint density at radius 1 is 1.60 bits per heavy atom. The van der Waals surface area contributed by atoms with Crippen molar-refractivity contribution in [1.82, 2.24) is 10.6 Å². The van der Waals surface area contributed by atoms with E-state index in [2.05, 4.69) is 10.6 Å². The first-order valence-corrected chi connectivity index (χ1v) is 5.32. The highest BCUT2D eigenvalue weighted by atomic mass is 16.4. The van der Waals surface area contributed by atoms with Gasteiger partial charge in [-0.25, -0.2) is 0 Å². The maximum absolute atomic E-state index is 11.5. The molecule has 1 heterocycles. The number of amides is 1. The lowest BCUT2D eigenvalue weighted by Gasteiger charge is -2.13. The summed E-state index contributed by atoms with van der Waals surface area (Å²) in [6.07, 6.45) is 2.00. The zero-order chi connectivity index (χ0) is 11.3. The Kier molecular flexibility index (Phi) is 4.55. The van der Waals surface area contributed by atoms with Gasteiger partial charge in [0.25, 0.3) is 0 Å². The molecular weight excluding hydrogens is 196 g/mol. The van der Waals surface area contributed by atoms with Gasteiger partial charge in [0.2, 0.25) is 5.91 Å². The van der Waals surface area contributed by atoms with Gasteiger partial charge < -0.3 is 15.7 Å². The molecule has 0 aromatic rings. The molecule has 1 fully saturated rings. The SMILES string of the molecule is CC(CNC(=O)[C@H]1CCCN1)CC(=O)O. The molecule has 86 valence electrons. The molecule has 1 saturated heterocycles. The Bertz CT molecular complexity index is 237. The molecule has 3 N–H and O–H groups in total. The predicted octanol–water partition coefficient (Wildman–Crippen LogP) is -0.0346. The highest BCUT2D eigenvalue weighted by Crippen LogP contribution is 2.05. The summed E-state index contributed by atoms with van der Waals surface area (Å²) in [6, 6.07) is -0.0815. The van der Waals surface area contributed by atoms with E-state index >= 15 is 0 Å². The third kappa shape index (κ3) is 4.29. The molecule has 0 bridgehead atoms. The van der Waals surface area contributed by atoms with Crippen LogP contribution in [-0.2, 0) is 9.59 Å². The second-order valence-corrected chi connectivity index (χ2v) is 4.10. The Hall–Kier alpha value is -1.10. The molecule has 2 atom stereocenters. The zero-order valence-corrected chi connectivity index (χ0v) is 8.95. The van der Waals surface area contributed by atoms with E-state index < -0.39 is 5.97 Å². The van der Waals surface area contributed by atoms with Gasteiger partial charge in [-0.05, 0) is 25.3 Å². The van der Waals surface area contributed by atoms with Crippen LogP contribution in [0.15, 0.2) is 0 Å². The molecule has 1 aliphatic rings. The summed E-state index contributed by atoms with van der Waals surface area (Å²) < 4.78 is 0. The van der Waals surface area contributed by atoms with Gasteiger partial charge in [0.1, 0.15) is 0 Å². The molecule has 0 radical (unpaired) electrons. The fourth-order valence-electron chi connectivity index (χ4n) is 1.68. The van der Waals surface area contributed by atoms with Crippen molar-refractivity contribution >= 4 is 11.9 Å². The highest BCUT2D eigenvalue weighted by Gasteiger charge is 2.22. The van der Waals surface area contributed by atoms with Crippen molar-refractivity contribution in [2.45, 2.75) is 32.2 Å². The van der Waals surface area contributed by atoms with Gasteiger partial charge in [-0.3, -0.25) is 9.59 Å². The van der Waals surface area contributed by atoms with Crippen LogP contribution in [0.1, 0.15) is 26.2 Å². The Labute approximate surface area is 89.2 Å². The molecule has 1 aliphatic heterocycles. The summed E-state index contributed by atoms with van der Waals surface area (Å²) in [7, 11) is 0. The maximum Gasteiger partial charge on any atom is 0.303 e. The number of carbonyl (C=O) groups is 2. The van der Waals surface area contributed by atoms with Crippen molar-refractivity contribution in [3.8, 4) is 0 Å². The summed E-state index contributed by atoms with van der Waals surface area (Å²) in [5.74, 6) is -0.853. The zero-order valence-electron chi connectivity index (χ0n) is 8.95. The van der Waals surface area contributed by atoms with Crippen molar-refractivity contribution in [3.63, 3.8) is 0 Å². The minimum absolute atomic E-state index is 0.00950. The smallest absolute Gasteiger partial charge is 0.303 e. The third-order valence-electron chi connectivity index (χ3n) is 2.52. The number of carbonyl (C=O) groups excluding carboxylic acids is 1. The largest absolute Gasteiger partial charge is 0.481 e. The number of nitrogens with one attached hydrogen (secondary N) is 2. The van der Waals surface area contributed by atoms with E-state index in [1.807, 2.05) is 6.92 Å². The van der Waals surface area contributed by atoms with Crippen LogP contribution < -0.4 is 10.6 Å². The van der Waals surface area contributed by atoms with Crippen molar-refractivity contribution in [2.75, 3.05) is 13.1 Å². The van der Waals surface area contributed by atoms with Crippen molar-refractivity contribution in [1.29, 1.82) is 0 Å². The van der Waals surface area contributed by atoms with Crippen LogP contribution in [0.4, 0.5) is 0 Å². The fourth-order valence-corrected chi connectivity index (χ4v) is 1.68. The number of aliphatic carboxylic acids is 1. The number of hydrogen-bond acceptors (Lipinski definition) is 3. The Morgan fingerprint density at radius 2 is 2.33 bits per heavy atom. The lowest BCUT2D eigenvalue weighted by atomic mass is 10.1. The van der Waals surface area contributed by atoms with Crippen LogP contribution in [0.25, 0.3) is 0 Å². The van der Waals surface area contributed by atoms with Gasteiger partial charge in [0.15, 0.2) is 0 Å². The van der Waals surface area contributed by atoms with E-state index in [0.29, 0.717) is 6.54 Å². The highest BCUT2D eigenvalue weighted by molar-refractivity contribution is 5.82. The minimum Gasteiger partial charge on any atom is -0.481 e. The van der Waals surface area contributed by atoms with E-state index in [1.165, 1.54) is 0 Å². The van der Waals surface area contributed by atoms with E-state index in [0.717, 1.165) is 19.4 Å². The number of rotatable bonds is 5. The first kappa shape index (κ1) is 12.0. The molecule has 1 rings (SSSR count). The van der Waals surface area contributed by atoms with Gasteiger partial charge in [0.05, 0.1) is 6.04 Å². The van der Waals surface area contributed by atoms with Crippen molar-refractivity contribution in [2.24, 2.45) is 5.92 Å². The average molecular weight is 214 g/mol. The molecular formula is C10H18N2O3. The Balaban J connectivity index is 2.18. The summed E-state index contributed by atoms with van der Waals surface area (Å²) in [4.78, 5) is 21.9. The summed E-state index contributed by atoms with van der Waals surface area (Å²) in [6.45, 7) is 3.14. The first-order valence-electron chi connectivity index (χ1n) is 5.32. The molecule has 1 unspecified atom stereocenters. The van der Waals surface area contributed by atoms with Gasteiger partial charge in [-0.2, -0.15) is 0 Å². The van der Waals surface area contributed by atoms with E-state index in [1.54, 1.807) is 0 Å². The van der Waals surface area contributed by atoms with E-state index in [9.17, 15) is 9.59 Å². The number of carboxylic acid groups (broad SMARTS) is 1. The summed E-state index contributed by atoms with van der Waals surface area (Å²) >= 11 is 0. The van der Waals surface area contributed by atoms with Gasteiger partial charge in [0, 0.05) is 13.0 Å². The molecule has 5 heteroatoms. The lowest BCUT2D eigenvalue weighted by Crippen LogP contribution is -2.42. The third-order valence-corrected chi connectivity index (χ3v) is 2.52. The molecule has 0 aromatic carbocycles. The van der Waals surface area contributed by atoms with Gasteiger partial charge in [-0.15, -0.1) is 0 Å². The standard InChI is InChI=1S/C10H18N2O3/c1-7(5-9(13)14)6-12-10(15)8-3-2-4-11-8/h7-8,11H,2-6H2,1H3,(H,12,15)(H,13,14)/t7?,8-/m1/s1. The molecule has 15 heavy (non-hydrogen) atoms. The lowest BCUT2D eigenvalue weighted by molar-refractivity contribution is -0.138. The fraction of sp³-hybridized carbons (Fsp3) is 0.800. The second-order valence-electron chi connectivity index (χ2n) is 4.10. The number of hydrogen-bond donors (Lipinski definition) is 3.